The summed E-state index contributed by atoms with van der Waals surface area (Å²) in [5.41, 5.74) is 2.07. The minimum atomic E-state index is -0.412. The normalized spacial score (nSPS) is 9.78. The Balaban J connectivity index is 2.29. The molecular formula is C13H10N2O2S. The molecule has 0 amide bonds. The van der Waals surface area contributed by atoms with Crippen molar-refractivity contribution >= 4 is 17.3 Å². The summed E-state index contributed by atoms with van der Waals surface area (Å²) in [6, 6.07) is 9.18. The highest BCUT2D eigenvalue weighted by Gasteiger charge is 2.12. The Kier molecular flexibility index (Phi) is 3.70. The third-order valence-electron chi connectivity index (χ3n) is 2.24. The quantitative estimate of drug-likeness (QED) is 0.794. The van der Waals surface area contributed by atoms with Gasteiger partial charge < -0.3 is 4.74 Å². The summed E-state index contributed by atoms with van der Waals surface area (Å²) < 4.78 is 4.88. The second-order valence-electron chi connectivity index (χ2n) is 3.45. The van der Waals surface area contributed by atoms with Gasteiger partial charge in [-0.2, -0.15) is 5.26 Å². The van der Waals surface area contributed by atoms with Crippen LogP contribution in [0.3, 0.4) is 0 Å². The highest BCUT2D eigenvalue weighted by atomic mass is 32.1. The van der Waals surface area contributed by atoms with Crippen molar-refractivity contribution in [3.8, 4) is 17.3 Å². The van der Waals surface area contributed by atoms with Gasteiger partial charge in [0.25, 0.3) is 0 Å². The molecule has 1 heterocycles. The maximum absolute atomic E-state index is 11.5. The van der Waals surface area contributed by atoms with Crippen molar-refractivity contribution in [1.29, 1.82) is 5.26 Å². The molecule has 5 heteroatoms. The fourth-order valence-electron chi connectivity index (χ4n) is 1.44. The van der Waals surface area contributed by atoms with Crippen LogP contribution in [0.25, 0.3) is 11.3 Å². The Morgan fingerprint density at radius 3 is 3.11 bits per heavy atom. The molecule has 0 atom stereocenters. The number of esters is 1. The molecule has 0 saturated heterocycles. The largest absolute Gasteiger partial charge is 0.461 e. The zero-order valence-electron chi connectivity index (χ0n) is 9.71. The molecule has 0 saturated carbocycles. The van der Waals surface area contributed by atoms with Crippen LogP contribution in [0.5, 0.6) is 0 Å². The van der Waals surface area contributed by atoms with Crippen molar-refractivity contribution in [2.45, 2.75) is 6.92 Å². The molecule has 0 aliphatic rings. The van der Waals surface area contributed by atoms with Crippen LogP contribution in [0.4, 0.5) is 0 Å². The standard InChI is InChI=1S/C13H10N2O2S/c1-2-17-13(16)12-15-11(8-18-12)10-5-3-4-9(6-10)7-14/h3-6,8H,2H2,1H3. The molecule has 2 rings (SSSR count). The first-order valence-electron chi connectivity index (χ1n) is 5.37. The average molecular weight is 258 g/mol. The van der Waals surface area contributed by atoms with Gasteiger partial charge in [-0.25, -0.2) is 9.78 Å². The van der Waals surface area contributed by atoms with Crippen molar-refractivity contribution in [1.82, 2.24) is 4.98 Å². The number of nitrogens with zero attached hydrogens (tertiary/aromatic N) is 2. The molecule has 1 aromatic carbocycles. The van der Waals surface area contributed by atoms with Crippen LogP contribution in [0.1, 0.15) is 22.3 Å². The summed E-state index contributed by atoms with van der Waals surface area (Å²) in [4.78, 5) is 15.7. The van der Waals surface area contributed by atoms with Gasteiger partial charge in [-0.05, 0) is 19.1 Å². The number of aromatic nitrogens is 1. The first-order valence-corrected chi connectivity index (χ1v) is 6.25. The lowest BCUT2D eigenvalue weighted by atomic mass is 10.1. The van der Waals surface area contributed by atoms with Crippen molar-refractivity contribution in [2.75, 3.05) is 6.61 Å². The lowest BCUT2D eigenvalue weighted by Crippen LogP contribution is -2.03. The van der Waals surface area contributed by atoms with E-state index in [0.717, 1.165) is 5.56 Å². The Hall–Kier alpha value is -2.19. The molecule has 1 aromatic heterocycles. The van der Waals surface area contributed by atoms with Crippen molar-refractivity contribution in [3.63, 3.8) is 0 Å². The van der Waals surface area contributed by atoms with Crippen LogP contribution in [-0.4, -0.2) is 17.6 Å². The van der Waals surface area contributed by atoms with Gasteiger partial charge in [0.15, 0.2) is 0 Å². The van der Waals surface area contributed by atoms with Crippen LogP contribution in [0.15, 0.2) is 29.6 Å². The number of hydrogen-bond acceptors (Lipinski definition) is 5. The zero-order chi connectivity index (χ0) is 13.0. The van der Waals surface area contributed by atoms with E-state index in [4.69, 9.17) is 10.00 Å². The topological polar surface area (TPSA) is 63.0 Å². The fourth-order valence-corrected chi connectivity index (χ4v) is 2.16. The number of carbonyl (C=O) groups excluding carboxylic acids is 1. The Bertz CT molecular complexity index is 613. The third-order valence-corrected chi connectivity index (χ3v) is 3.06. The monoisotopic (exact) mass is 258 g/mol. The van der Waals surface area contributed by atoms with Gasteiger partial charge in [0.05, 0.1) is 23.9 Å². The van der Waals surface area contributed by atoms with E-state index in [1.54, 1.807) is 30.5 Å². The van der Waals surface area contributed by atoms with E-state index < -0.39 is 5.97 Å². The first-order chi connectivity index (χ1) is 8.74. The van der Waals surface area contributed by atoms with E-state index in [-0.39, 0.29) is 0 Å². The van der Waals surface area contributed by atoms with Crippen molar-refractivity contribution in [2.24, 2.45) is 0 Å². The summed E-state index contributed by atoms with van der Waals surface area (Å²) in [5.74, 6) is -0.412. The number of rotatable bonds is 3. The number of hydrogen-bond donors (Lipinski definition) is 0. The summed E-state index contributed by atoms with van der Waals surface area (Å²) in [7, 11) is 0. The van der Waals surface area contributed by atoms with Gasteiger partial charge in [-0.15, -0.1) is 11.3 Å². The molecule has 0 bridgehead atoms. The molecule has 0 fully saturated rings. The molecule has 0 radical (unpaired) electrons. The van der Waals surface area contributed by atoms with Crippen LogP contribution in [0.2, 0.25) is 0 Å². The molecule has 90 valence electrons. The van der Waals surface area contributed by atoms with Crippen molar-refractivity contribution in [3.05, 3.63) is 40.2 Å². The van der Waals surface area contributed by atoms with Gasteiger partial charge in [-0.3, -0.25) is 0 Å². The second kappa shape index (κ2) is 5.43. The maximum Gasteiger partial charge on any atom is 0.367 e. The van der Waals surface area contributed by atoms with E-state index in [1.165, 1.54) is 11.3 Å². The van der Waals surface area contributed by atoms with E-state index in [2.05, 4.69) is 11.1 Å². The highest BCUT2D eigenvalue weighted by Crippen LogP contribution is 2.23. The summed E-state index contributed by atoms with van der Waals surface area (Å²) >= 11 is 1.24. The lowest BCUT2D eigenvalue weighted by molar-refractivity contribution is 0.0526. The Labute approximate surface area is 108 Å². The van der Waals surface area contributed by atoms with Crippen LogP contribution in [-0.2, 0) is 4.74 Å². The third kappa shape index (κ3) is 2.55. The summed E-state index contributed by atoms with van der Waals surface area (Å²) in [6.07, 6.45) is 0. The first kappa shape index (κ1) is 12.3. The predicted octanol–water partition coefficient (Wildman–Crippen LogP) is 2.86. The highest BCUT2D eigenvalue weighted by molar-refractivity contribution is 7.11. The summed E-state index contributed by atoms with van der Waals surface area (Å²) in [6.45, 7) is 2.08. The predicted molar refractivity (Wildman–Crippen MR) is 68.2 cm³/mol. The minimum absolute atomic E-state index is 0.328. The number of ether oxygens (including phenoxy) is 1. The van der Waals surface area contributed by atoms with Crippen LogP contribution in [0, 0.1) is 11.3 Å². The average Bonchev–Trinajstić information content (AvgIpc) is 2.89. The van der Waals surface area contributed by atoms with Crippen LogP contribution >= 0.6 is 11.3 Å². The van der Waals surface area contributed by atoms with Crippen LogP contribution < -0.4 is 0 Å². The number of carbonyl (C=O) groups is 1. The number of thiazole rings is 1. The molecule has 4 nitrogen and oxygen atoms in total. The van der Waals surface area contributed by atoms with Crippen molar-refractivity contribution < 1.29 is 9.53 Å². The van der Waals surface area contributed by atoms with E-state index in [9.17, 15) is 4.79 Å². The molecule has 0 aliphatic carbocycles. The van der Waals surface area contributed by atoms with Gasteiger partial charge in [0.1, 0.15) is 0 Å². The fraction of sp³-hybridized carbons (Fsp3) is 0.154. The van der Waals surface area contributed by atoms with E-state index in [1.807, 2.05) is 6.07 Å². The lowest BCUT2D eigenvalue weighted by Gasteiger charge is -1.97. The number of nitriles is 1. The van der Waals surface area contributed by atoms with Gasteiger partial charge in [-0.1, -0.05) is 12.1 Å². The maximum atomic E-state index is 11.5. The molecule has 18 heavy (non-hydrogen) atoms. The molecule has 0 unspecified atom stereocenters. The minimum Gasteiger partial charge on any atom is -0.461 e. The molecule has 0 N–H and O–H groups in total. The summed E-state index contributed by atoms with van der Waals surface area (Å²) in [5, 5.41) is 10.9. The van der Waals surface area contributed by atoms with E-state index in [0.29, 0.717) is 22.9 Å². The molecule has 2 aromatic rings. The molecule has 0 aliphatic heterocycles. The Morgan fingerprint density at radius 2 is 2.39 bits per heavy atom. The van der Waals surface area contributed by atoms with Gasteiger partial charge in [0, 0.05) is 10.9 Å². The Morgan fingerprint density at radius 1 is 1.56 bits per heavy atom. The molecule has 0 spiro atoms. The molecular weight excluding hydrogens is 248 g/mol. The van der Waals surface area contributed by atoms with Gasteiger partial charge in [0.2, 0.25) is 5.01 Å². The van der Waals surface area contributed by atoms with Gasteiger partial charge >= 0.3 is 5.97 Å². The smallest absolute Gasteiger partial charge is 0.367 e. The SMILES string of the molecule is CCOC(=O)c1nc(-c2cccc(C#N)c2)cs1. The second-order valence-corrected chi connectivity index (χ2v) is 4.31. The van der Waals surface area contributed by atoms with E-state index >= 15 is 0 Å². The zero-order valence-corrected chi connectivity index (χ0v) is 10.5. The number of benzene rings is 1.